The SMILES string of the molecule is N#CCCN(CCC#N)C(=O)CSc1nnc(-c2cccc(Cl)c2)o1. The van der Waals surface area contributed by atoms with Crippen molar-refractivity contribution < 1.29 is 9.21 Å². The van der Waals surface area contributed by atoms with E-state index in [1.54, 1.807) is 24.3 Å². The molecule has 0 aliphatic carbocycles. The molecule has 9 heteroatoms. The number of carbonyl (C=O) groups excluding carboxylic acids is 1. The molecule has 1 aromatic heterocycles. The van der Waals surface area contributed by atoms with E-state index >= 15 is 0 Å². The minimum atomic E-state index is -0.182. The van der Waals surface area contributed by atoms with Gasteiger partial charge in [-0.3, -0.25) is 4.79 Å². The Kier molecular flexibility index (Phi) is 7.27. The predicted octanol–water partition coefficient (Wildman–Crippen LogP) is 3.14. The zero-order valence-electron chi connectivity index (χ0n) is 13.2. The molecule has 1 heterocycles. The summed E-state index contributed by atoms with van der Waals surface area (Å²) >= 11 is 7.04. The Morgan fingerprint density at radius 1 is 1.24 bits per heavy atom. The second-order valence-corrected chi connectivity index (χ2v) is 6.23. The third-order valence-electron chi connectivity index (χ3n) is 3.14. The van der Waals surface area contributed by atoms with Crippen LogP contribution in [0.1, 0.15) is 12.8 Å². The van der Waals surface area contributed by atoms with Crippen molar-refractivity contribution in [2.45, 2.75) is 18.1 Å². The molecule has 0 radical (unpaired) electrons. The molecule has 0 spiro atoms. The standard InChI is InChI=1S/C16H14ClN5O2S/c17-13-5-1-4-12(10-13)15-20-21-16(24-15)25-11-14(23)22(8-2-6-18)9-3-7-19/h1,4-5,10H,2-3,8-9,11H2. The smallest absolute Gasteiger partial charge is 0.277 e. The highest BCUT2D eigenvalue weighted by Gasteiger charge is 2.16. The van der Waals surface area contributed by atoms with Crippen molar-refractivity contribution in [2.24, 2.45) is 0 Å². The fourth-order valence-corrected chi connectivity index (χ4v) is 2.81. The maximum absolute atomic E-state index is 12.2. The van der Waals surface area contributed by atoms with Crippen LogP contribution >= 0.6 is 23.4 Å². The van der Waals surface area contributed by atoms with Gasteiger partial charge in [-0.25, -0.2) is 0 Å². The van der Waals surface area contributed by atoms with E-state index < -0.39 is 0 Å². The lowest BCUT2D eigenvalue weighted by Gasteiger charge is -2.19. The summed E-state index contributed by atoms with van der Waals surface area (Å²) in [5.41, 5.74) is 0.697. The summed E-state index contributed by atoms with van der Waals surface area (Å²) in [6.45, 7) is 0.602. The molecule has 1 amide bonds. The molecule has 0 saturated heterocycles. The zero-order chi connectivity index (χ0) is 18.1. The van der Waals surface area contributed by atoms with Gasteiger partial charge in [0.1, 0.15) is 0 Å². The molecule has 0 bridgehead atoms. The Bertz CT molecular complexity index is 793. The van der Waals surface area contributed by atoms with Gasteiger partial charge in [0.15, 0.2) is 0 Å². The third-order valence-corrected chi connectivity index (χ3v) is 4.18. The normalized spacial score (nSPS) is 10.0. The largest absolute Gasteiger partial charge is 0.411 e. The highest BCUT2D eigenvalue weighted by Crippen LogP contribution is 2.25. The molecule has 0 aliphatic heterocycles. The molecule has 128 valence electrons. The van der Waals surface area contributed by atoms with E-state index in [1.165, 1.54) is 4.90 Å². The summed E-state index contributed by atoms with van der Waals surface area (Å²) in [7, 11) is 0. The average molecular weight is 376 g/mol. The maximum atomic E-state index is 12.2. The Morgan fingerprint density at radius 3 is 2.60 bits per heavy atom. The van der Waals surface area contributed by atoms with Crippen molar-refractivity contribution in [2.75, 3.05) is 18.8 Å². The molecule has 0 aliphatic rings. The van der Waals surface area contributed by atoms with Gasteiger partial charge in [0, 0.05) is 23.7 Å². The Labute approximate surface area is 154 Å². The van der Waals surface area contributed by atoms with E-state index in [0.29, 0.717) is 29.6 Å². The first-order chi connectivity index (χ1) is 12.1. The summed E-state index contributed by atoms with van der Waals surface area (Å²) in [5.74, 6) is 0.231. The van der Waals surface area contributed by atoms with Crippen LogP contribution in [0.3, 0.4) is 0 Å². The van der Waals surface area contributed by atoms with Crippen LogP contribution in [0.4, 0.5) is 0 Å². The van der Waals surface area contributed by atoms with Gasteiger partial charge in [-0.2, -0.15) is 10.5 Å². The van der Waals surface area contributed by atoms with Crippen LogP contribution < -0.4 is 0 Å². The first kappa shape index (κ1) is 18.8. The van der Waals surface area contributed by atoms with Crippen molar-refractivity contribution in [3.63, 3.8) is 0 Å². The molecule has 7 nitrogen and oxygen atoms in total. The number of rotatable bonds is 8. The number of aromatic nitrogens is 2. The van der Waals surface area contributed by atoms with Crippen molar-refractivity contribution in [1.82, 2.24) is 15.1 Å². The first-order valence-corrected chi connectivity index (χ1v) is 8.74. The molecule has 1 aromatic carbocycles. The second kappa shape index (κ2) is 9.67. The number of halogens is 1. The molecule has 2 rings (SSSR count). The van der Waals surface area contributed by atoms with Gasteiger partial charge in [0.05, 0.1) is 30.7 Å². The maximum Gasteiger partial charge on any atom is 0.277 e. The number of nitrogens with zero attached hydrogens (tertiary/aromatic N) is 5. The Balaban J connectivity index is 1.95. The summed E-state index contributed by atoms with van der Waals surface area (Å²) in [5, 5.41) is 26.0. The molecule has 0 atom stereocenters. The molecule has 25 heavy (non-hydrogen) atoms. The Morgan fingerprint density at radius 2 is 1.96 bits per heavy atom. The number of hydrogen-bond donors (Lipinski definition) is 0. The van der Waals surface area contributed by atoms with Crippen molar-refractivity contribution in [3.05, 3.63) is 29.3 Å². The van der Waals surface area contributed by atoms with E-state index in [-0.39, 0.29) is 29.7 Å². The first-order valence-electron chi connectivity index (χ1n) is 7.38. The van der Waals surface area contributed by atoms with E-state index in [9.17, 15) is 4.79 Å². The minimum Gasteiger partial charge on any atom is -0.411 e. The number of nitriles is 2. The lowest BCUT2D eigenvalue weighted by molar-refractivity contribution is -0.128. The van der Waals surface area contributed by atoms with Crippen LogP contribution in [0.15, 0.2) is 33.9 Å². The topological polar surface area (TPSA) is 107 Å². The van der Waals surface area contributed by atoms with Crippen LogP contribution in [0.5, 0.6) is 0 Å². The second-order valence-electron chi connectivity index (χ2n) is 4.87. The van der Waals surface area contributed by atoms with E-state index in [1.807, 2.05) is 12.1 Å². The van der Waals surface area contributed by atoms with E-state index in [0.717, 1.165) is 11.8 Å². The predicted molar refractivity (Wildman–Crippen MR) is 92.5 cm³/mol. The third kappa shape index (κ3) is 5.79. The molecular weight excluding hydrogens is 362 g/mol. The summed E-state index contributed by atoms with van der Waals surface area (Å²) in [4.78, 5) is 13.7. The minimum absolute atomic E-state index is 0.0913. The molecule has 0 unspecified atom stereocenters. The molecule has 2 aromatic rings. The van der Waals surface area contributed by atoms with Gasteiger partial charge in [-0.1, -0.05) is 29.4 Å². The van der Waals surface area contributed by atoms with E-state index in [4.69, 9.17) is 26.5 Å². The Hall–Kier alpha value is -2.55. The average Bonchev–Trinajstić information content (AvgIpc) is 3.09. The zero-order valence-corrected chi connectivity index (χ0v) is 14.8. The van der Waals surface area contributed by atoms with Crippen LogP contribution in [0, 0.1) is 22.7 Å². The van der Waals surface area contributed by atoms with Gasteiger partial charge >= 0.3 is 0 Å². The molecule has 0 N–H and O–H groups in total. The lowest BCUT2D eigenvalue weighted by Crippen LogP contribution is -2.34. The summed E-state index contributed by atoms with van der Waals surface area (Å²) in [6, 6.07) is 11.0. The van der Waals surface area contributed by atoms with Gasteiger partial charge in [0.25, 0.3) is 5.22 Å². The number of hydrogen-bond acceptors (Lipinski definition) is 7. The highest BCUT2D eigenvalue weighted by atomic mass is 35.5. The summed E-state index contributed by atoms with van der Waals surface area (Å²) in [6.07, 6.45) is 0.447. The number of benzene rings is 1. The van der Waals surface area contributed by atoms with Crippen LogP contribution in [-0.4, -0.2) is 39.8 Å². The highest BCUT2D eigenvalue weighted by molar-refractivity contribution is 7.99. The van der Waals surface area contributed by atoms with Gasteiger partial charge in [-0.05, 0) is 18.2 Å². The van der Waals surface area contributed by atoms with Gasteiger partial charge < -0.3 is 9.32 Å². The molecule has 0 fully saturated rings. The van der Waals surface area contributed by atoms with Crippen molar-refractivity contribution in [1.29, 1.82) is 10.5 Å². The van der Waals surface area contributed by atoms with Crippen LogP contribution in [0.25, 0.3) is 11.5 Å². The van der Waals surface area contributed by atoms with Crippen LogP contribution in [0.2, 0.25) is 5.02 Å². The van der Waals surface area contributed by atoms with Crippen LogP contribution in [-0.2, 0) is 4.79 Å². The monoisotopic (exact) mass is 375 g/mol. The molecule has 0 saturated carbocycles. The number of carbonyl (C=O) groups is 1. The fourth-order valence-electron chi connectivity index (χ4n) is 1.95. The molecular formula is C16H14ClN5O2S. The van der Waals surface area contributed by atoms with E-state index in [2.05, 4.69) is 10.2 Å². The van der Waals surface area contributed by atoms with Crippen molar-refractivity contribution in [3.8, 4) is 23.6 Å². The lowest BCUT2D eigenvalue weighted by atomic mass is 10.2. The quantitative estimate of drug-likeness (QED) is 0.652. The van der Waals surface area contributed by atoms with Gasteiger partial charge in [-0.15, -0.1) is 10.2 Å². The number of amides is 1. The fraction of sp³-hybridized carbons (Fsp3) is 0.312. The summed E-state index contributed by atoms with van der Waals surface area (Å²) < 4.78 is 5.52. The van der Waals surface area contributed by atoms with Gasteiger partial charge in [0.2, 0.25) is 11.8 Å². The van der Waals surface area contributed by atoms with Crippen molar-refractivity contribution >= 4 is 29.3 Å². The number of thioether (sulfide) groups is 1.